The van der Waals surface area contributed by atoms with Crippen molar-refractivity contribution in [1.82, 2.24) is 0 Å². The van der Waals surface area contributed by atoms with Gasteiger partial charge in [-0.25, -0.2) is 4.79 Å². The van der Waals surface area contributed by atoms with E-state index < -0.39 is 5.30 Å². The second kappa shape index (κ2) is 4.49. The summed E-state index contributed by atoms with van der Waals surface area (Å²) in [5, 5.41) is -0.411. The van der Waals surface area contributed by atoms with Gasteiger partial charge in [0.2, 0.25) is 0 Å². The van der Waals surface area contributed by atoms with Gasteiger partial charge in [0, 0.05) is 0 Å². The predicted octanol–water partition coefficient (Wildman–Crippen LogP) is 4.44. The van der Waals surface area contributed by atoms with Crippen molar-refractivity contribution in [3.63, 3.8) is 0 Å². The molecule has 2 fully saturated rings. The molecule has 0 aromatic heterocycles. The molecule has 2 bridgehead atoms. The lowest BCUT2D eigenvalue weighted by atomic mass is 9.58. The lowest BCUT2D eigenvalue weighted by Crippen LogP contribution is -2.46. The highest BCUT2D eigenvalue weighted by Gasteiger charge is 2.47. The quantitative estimate of drug-likeness (QED) is 0.584. The lowest BCUT2D eigenvalue weighted by molar-refractivity contribution is -0.0739. The molecular weight excluding hydrogens is 232 g/mol. The summed E-state index contributed by atoms with van der Waals surface area (Å²) in [4.78, 5) is 11.2. The van der Waals surface area contributed by atoms with Crippen molar-refractivity contribution in [2.45, 2.75) is 64.9 Å². The van der Waals surface area contributed by atoms with Gasteiger partial charge in [0.1, 0.15) is 5.60 Å². The fourth-order valence-corrected chi connectivity index (χ4v) is 4.55. The van der Waals surface area contributed by atoms with E-state index in [1.165, 1.54) is 19.3 Å². The van der Waals surface area contributed by atoms with Gasteiger partial charge in [0.25, 0.3) is 0 Å². The van der Waals surface area contributed by atoms with E-state index in [1.54, 1.807) is 0 Å². The van der Waals surface area contributed by atoms with Crippen molar-refractivity contribution in [1.29, 1.82) is 0 Å². The van der Waals surface area contributed by atoms with Crippen LogP contribution in [0.1, 0.15) is 59.3 Å². The smallest absolute Gasteiger partial charge is 0.364 e. The van der Waals surface area contributed by atoms with Gasteiger partial charge in [-0.2, -0.15) is 0 Å². The van der Waals surface area contributed by atoms with Crippen LogP contribution >= 0.6 is 12.6 Å². The van der Waals surface area contributed by atoms with Gasteiger partial charge in [-0.15, -0.1) is 0 Å². The Labute approximate surface area is 110 Å². The van der Waals surface area contributed by atoms with Crippen molar-refractivity contribution in [2.24, 2.45) is 17.3 Å². The number of carbonyl (C=O) groups is 1. The van der Waals surface area contributed by atoms with Crippen molar-refractivity contribution < 1.29 is 9.53 Å². The molecule has 0 spiro atoms. The topological polar surface area (TPSA) is 26.3 Å². The average molecular weight is 256 g/mol. The fourth-order valence-electron chi connectivity index (χ4n) is 4.36. The molecule has 2 saturated carbocycles. The highest BCUT2D eigenvalue weighted by molar-refractivity contribution is 7.96. The van der Waals surface area contributed by atoms with Crippen LogP contribution in [-0.2, 0) is 4.74 Å². The summed E-state index contributed by atoms with van der Waals surface area (Å²) in [6, 6.07) is 0. The van der Waals surface area contributed by atoms with E-state index in [1.807, 2.05) is 0 Å². The largest absolute Gasteiger partial charge is 0.451 e. The van der Waals surface area contributed by atoms with E-state index in [2.05, 4.69) is 33.4 Å². The van der Waals surface area contributed by atoms with Crippen LogP contribution in [0.2, 0.25) is 0 Å². The van der Waals surface area contributed by atoms with Gasteiger partial charge in [-0.05, 0) is 55.8 Å². The molecule has 3 heteroatoms. The summed E-state index contributed by atoms with van der Waals surface area (Å²) < 4.78 is 5.56. The Morgan fingerprint density at radius 1 is 1.24 bits per heavy atom. The van der Waals surface area contributed by atoms with Crippen LogP contribution in [0.5, 0.6) is 0 Å². The molecule has 0 aromatic carbocycles. The van der Waals surface area contributed by atoms with Crippen LogP contribution in [0, 0.1) is 17.3 Å². The zero-order chi connectivity index (χ0) is 12.7. The van der Waals surface area contributed by atoms with E-state index in [9.17, 15) is 4.79 Å². The Kier molecular flexibility index (Phi) is 3.50. The molecule has 98 valence electrons. The third-order valence-electron chi connectivity index (χ3n) is 4.62. The number of fused-ring (bicyclic) bond motifs is 2. The maximum Gasteiger partial charge on any atom is 0.364 e. The molecule has 0 aliphatic heterocycles. The minimum absolute atomic E-state index is 0.219. The first-order chi connectivity index (χ1) is 7.84. The second-order valence-corrected chi connectivity index (χ2v) is 7.22. The van der Waals surface area contributed by atoms with Crippen LogP contribution in [-0.4, -0.2) is 10.9 Å². The summed E-state index contributed by atoms with van der Waals surface area (Å²) in [5.74, 6) is 1.45. The van der Waals surface area contributed by atoms with Crippen LogP contribution < -0.4 is 0 Å². The Hall–Kier alpha value is -0.180. The van der Waals surface area contributed by atoms with Gasteiger partial charge < -0.3 is 4.74 Å². The van der Waals surface area contributed by atoms with E-state index in [4.69, 9.17) is 4.74 Å². The lowest BCUT2D eigenvalue weighted by Gasteiger charge is -2.50. The predicted molar refractivity (Wildman–Crippen MR) is 72.3 cm³/mol. The number of hydrogen-bond acceptors (Lipinski definition) is 2. The van der Waals surface area contributed by atoms with Gasteiger partial charge in [-0.3, -0.25) is 0 Å². The molecule has 0 aromatic rings. The summed E-state index contributed by atoms with van der Waals surface area (Å²) >= 11 is 3.80. The van der Waals surface area contributed by atoms with Crippen LogP contribution in [0.4, 0.5) is 4.79 Å². The highest BCUT2D eigenvalue weighted by Crippen LogP contribution is 2.53. The van der Waals surface area contributed by atoms with Gasteiger partial charge in [-0.1, -0.05) is 33.4 Å². The molecule has 2 unspecified atom stereocenters. The molecule has 2 nitrogen and oxygen atoms in total. The first-order valence-corrected chi connectivity index (χ1v) is 7.21. The highest BCUT2D eigenvalue weighted by atomic mass is 32.1. The summed E-state index contributed by atoms with van der Waals surface area (Å²) in [7, 11) is 0. The molecule has 17 heavy (non-hydrogen) atoms. The molecule has 0 heterocycles. The van der Waals surface area contributed by atoms with Crippen molar-refractivity contribution in [2.75, 3.05) is 0 Å². The van der Waals surface area contributed by atoms with E-state index in [-0.39, 0.29) is 5.60 Å². The average Bonchev–Trinajstić information content (AvgIpc) is 2.12. The molecule has 2 atom stereocenters. The van der Waals surface area contributed by atoms with E-state index >= 15 is 0 Å². The maximum atomic E-state index is 11.2. The third kappa shape index (κ3) is 2.98. The SMILES string of the molecule is CCC1(OC(=O)S)CC2CC(CC(C)(C)C2)C1. The number of ether oxygens (including phenoxy) is 1. The first-order valence-electron chi connectivity index (χ1n) is 6.76. The summed E-state index contributed by atoms with van der Waals surface area (Å²) in [6.07, 6.45) is 6.87. The van der Waals surface area contributed by atoms with Gasteiger partial charge in [0.15, 0.2) is 0 Å². The molecule has 0 radical (unpaired) electrons. The Bertz CT molecular complexity index is 295. The van der Waals surface area contributed by atoms with E-state index in [0.717, 1.165) is 31.1 Å². The summed E-state index contributed by atoms with van der Waals surface area (Å²) in [6.45, 7) is 6.87. The second-order valence-electron chi connectivity index (χ2n) is 6.85. The molecule has 2 aliphatic rings. The molecule has 2 aliphatic carbocycles. The van der Waals surface area contributed by atoms with Crippen LogP contribution in [0.25, 0.3) is 0 Å². The third-order valence-corrected chi connectivity index (χ3v) is 4.71. The first kappa shape index (κ1) is 13.3. The number of hydrogen-bond donors (Lipinski definition) is 1. The minimum atomic E-state index is -0.411. The summed E-state index contributed by atoms with van der Waals surface area (Å²) in [5.41, 5.74) is 0.251. The Morgan fingerprint density at radius 3 is 2.18 bits per heavy atom. The van der Waals surface area contributed by atoms with Gasteiger partial charge >= 0.3 is 5.30 Å². The van der Waals surface area contributed by atoms with Gasteiger partial charge in [0.05, 0.1) is 0 Å². The molecule has 0 N–H and O–H groups in total. The maximum absolute atomic E-state index is 11.2. The van der Waals surface area contributed by atoms with Crippen LogP contribution in [0.3, 0.4) is 0 Å². The Morgan fingerprint density at radius 2 is 1.76 bits per heavy atom. The van der Waals surface area contributed by atoms with Crippen molar-refractivity contribution in [3.05, 3.63) is 0 Å². The number of thiol groups is 1. The Balaban J connectivity index is 2.12. The zero-order valence-corrected chi connectivity index (χ0v) is 12.1. The molecular formula is C14H24O2S. The molecule has 0 amide bonds. The monoisotopic (exact) mass is 256 g/mol. The fraction of sp³-hybridized carbons (Fsp3) is 0.929. The molecule has 0 saturated heterocycles. The molecule has 2 rings (SSSR count). The number of rotatable bonds is 2. The normalized spacial score (nSPS) is 39.8. The van der Waals surface area contributed by atoms with E-state index in [0.29, 0.717) is 5.41 Å². The van der Waals surface area contributed by atoms with Crippen LogP contribution in [0.15, 0.2) is 0 Å². The standard InChI is InChI=1S/C14H24O2S/c1-4-14(16-12(15)17)8-10-5-11(9-14)7-13(2,3)6-10/h10-11H,4-9H2,1-3H3,(H,15,17). The van der Waals surface area contributed by atoms with Crippen molar-refractivity contribution in [3.8, 4) is 0 Å². The minimum Gasteiger partial charge on any atom is -0.451 e. The zero-order valence-electron chi connectivity index (χ0n) is 11.2. The van der Waals surface area contributed by atoms with Crippen molar-refractivity contribution >= 4 is 17.9 Å². The number of carbonyl (C=O) groups excluding carboxylic acids is 1.